The van der Waals surface area contributed by atoms with Crippen molar-refractivity contribution in [2.24, 2.45) is 5.92 Å². The van der Waals surface area contributed by atoms with Gasteiger partial charge in [-0.25, -0.2) is 0 Å². The van der Waals surface area contributed by atoms with E-state index in [1.807, 2.05) is 17.6 Å². The number of nitrogens with zero attached hydrogens (tertiary/aromatic N) is 3. The lowest BCUT2D eigenvalue weighted by molar-refractivity contribution is 0.365. The first-order valence-corrected chi connectivity index (χ1v) is 8.13. The summed E-state index contributed by atoms with van der Waals surface area (Å²) in [6.45, 7) is 2.24. The van der Waals surface area contributed by atoms with E-state index in [2.05, 4.69) is 26.5 Å². The van der Waals surface area contributed by atoms with Gasteiger partial charge in [0.25, 0.3) is 0 Å². The fraction of sp³-hybridized carbons (Fsp3) is 0.400. The zero-order chi connectivity index (χ0) is 14.1. The van der Waals surface area contributed by atoms with E-state index in [1.54, 1.807) is 11.3 Å². The van der Waals surface area contributed by atoms with Crippen LogP contribution >= 0.6 is 11.3 Å². The Hall–Kier alpha value is -1.79. The molecule has 0 aromatic carbocycles. The van der Waals surface area contributed by atoms with Gasteiger partial charge in [-0.3, -0.25) is 4.98 Å². The van der Waals surface area contributed by atoms with Gasteiger partial charge in [0.05, 0.1) is 10.2 Å². The van der Waals surface area contributed by atoms with Gasteiger partial charge in [-0.1, -0.05) is 5.16 Å². The molecule has 108 valence electrons. The number of aryl methyl sites for hydroxylation is 1. The zero-order valence-corrected chi connectivity index (χ0v) is 12.4. The maximum atomic E-state index is 5.37. The molecule has 0 radical (unpaired) electrons. The van der Waals surface area contributed by atoms with E-state index in [0.717, 1.165) is 53.5 Å². The minimum Gasteiger partial charge on any atom is -0.339 e. The van der Waals surface area contributed by atoms with Gasteiger partial charge in [-0.05, 0) is 49.4 Å². The van der Waals surface area contributed by atoms with Crippen LogP contribution in [0, 0.1) is 5.92 Å². The van der Waals surface area contributed by atoms with Crippen LogP contribution in [0.25, 0.3) is 21.6 Å². The number of aromatic nitrogens is 3. The van der Waals surface area contributed by atoms with Crippen LogP contribution in [0.2, 0.25) is 0 Å². The predicted octanol–water partition coefficient (Wildman–Crippen LogP) is 2.89. The Kier molecular flexibility index (Phi) is 3.40. The minimum absolute atomic E-state index is 0.636. The lowest BCUT2D eigenvalue weighted by atomic mass is 10.0. The Morgan fingerprint density at radius 1 is 1.43 bits per heavy atom. The van der Waals surface area contributed by atoms with Crippen LogP contribution in [-0.2, 0) is 6.42 Å². The first-order valence-electron chi connectivity index (χ1n) is 7.25. The van der Waals surface area contributed by atoms with Crippen molar-refractivity contribution >= 4 is 21.6 Å². The van der Waals surface area contributed by atoms with Crippen LogP contribution in [-0.4, -0.2) is 28.2 Å². The topological polar surface area (TPSA) is 63.8 Å². The molecule has 0 amide bonds. The summed E-state index contributed by atoms with van der Waals surface area (Å²) in [4.78, 5) is 8.92. The largest absolute Gasteiger partial charge is 0.339 e. The second-order valence-electron chi connectivity index (χ2n) is 5.44. The van der Waals surface area contributed by atoms with E-state index in [1.165, 1.54) is 6.42 Å². The third-order valence-electron chi connectivity index (χ3n) is 3.96. The highest BCUT2D eigenvalue weighted by atomic mass is 32.1. The van der Waals surface area contributed by atoms with E-state index in [4.69, 9.17) is 4.52 Å². The summed E-state index contributed by atoms with van der Waals surface area (Å²) < 4.78 is 6.52. The van der Waals surface area contributed by atoms with Crippen molar-refractivity contribution in [2.45, 2.75) is 19.3 Å². The molecular formula is C15H16N4OS. The SMILES string of the molecule is c1cc2ncc(-c3noc(CCC4CCNC4)n3)cc2s1. The fourth-order valence-corrected chi connectivity index (χ4v) is 3.51. The van der Waals surface area contributed by atoms with Gasteiger partial charge in [0.15, 0.2) is 0 Å². The third kappa shape index (κ3) is 2.69. The normalized spacial score (nSPS) is 18.6. The van der Waals surface area contributed by atoms with E-state index in [9.17, 15) is 0 Å². The smallest absolute Gasteiger partial charge is 0.226 e. The van der Waals surface area contributed by atoms with Crippen LogP contribution in [0.15, 0.2) is 28.2 Å². The maximum Gasteiger partial charge on any atom is 0.226 e. The molecule has 1 aliphatic rings. The van der Waals surface area contributed by atoms with Crippen molar-refractivity contribution in [2.75, 3.05) is 13.1 Å². The molecule has 0 spiro atoms. The summed E-state index contributed by atoms with van der Waals surface area (Å²) in [5.41, 5.74) is 1.93. The molecule has 1 saturated heterocycles. The lowest BCUT2D eigenvalue weighted by Crippen LogP contribution is -2.09. The van der Waals surface area contributed by atoms with Crippen molar-refractivity contribution in [3.05, 3.63) is 29.6 Å². The average molecular weight is 300 g/mol. The molecule has 4 heterocycles. The molecule has 0 saturated carbocycles. The Labute approximate surface area is 126 Å². The van der Waals surface area contributed by atoms with Crippen LogP contribution in [0.3, 0.4) is 0 Å². The number of rotatable bonds is 4. The van der Waals surface area contributed by atoms with Gasteiger partial charge in [-0.15, -0.1) is 11.3 Å². The lowest BCUT2D eigenvalue weighted by Gasteiger charge is -2.03. The number of fused-ring (bicyclic) bond motifs is 1. The predicted molar refractivity (Wildman–Crippen MR) is 82.2 cm³/mol. The molecule has 4 rings (SSSR count). The summed E-state index contributed by atoms with van der Waals surface area (Å²) in [6.07, 6.45) is 5.02. The molecule has 1 aliphatic heterocycles. The molecule has 3 aromatic rings. The summed E-state index contributed by atoms with van der Waals surface area (Å²) in [7, 11) is 0. The second kappa shape index (κ2) is 5.54. The molecular weight excluding hydrogens is 284 g/mol. The van der Waals surface area contributed by atoms with E-state index in [-0.39, 0.29) is 0 Å². The zero-order valence-electron chi connectivity index (χ0n) is 11.6. The molecule has 1 unspecified atom stereocenters. The van der Waals surface area contributed by atoms with E-state index < -0.39 is 0 Å². The summed E-state index contributed by atoms with van der Waals surface area (Å²) in [5, 5.41) is 9.51. The third-order valence-corrected chi connectivity index (χ3v) is 4.81. The van der Waals surface area contributed by atoms with Crippen molar-refractivity contribution < 1.29 is 4.52 Å². The minimum atomic E-state index is 0.636. The van der Waals surface area contributed by atoms with Crippen LogP contribution < -0.4 is 5.32 Å². The molecule has 21 heavy (non-hydrogen) atoms. The van der Waals surface area contributed by atoms with Crippen LogP contribution in [0.1, 0.15) is 18.7 Å². The summed E-state index contributed by atoms with van der Waals surface area (Å²) >= 11 is 1.67. The Morgan fingerprint density at radius 3 is 3.33 bits per heavy atom. The van der Waals surface area contributed by atoms with E-state index in [0.29, 0.717) is 5.82 Å². The maximum absolute atomic E-state index is 5.37. The van der Waals surface area contributed by atoms with Crippen molar-refractivity contribution in [1.82, 2.24) is 20.4 Å². The van der Waals surface area contributed by atoms with Gasteiger partial charge in [0, 0.05) is 18.2 Å². The molecule has 1 fully saturated rings. The van der Waals surface area contributed by atoms with Gasteiger partial charge in [0.2, 0.25) is 11.7 Å². The highest BCUT2D eigenvalue weighted by Gasteiger charge is 2.16. The Balaban J connectivity index is 1.50. The fourth-order valence-electron chi connectivity index (χ4n) is 2.73. The molecule has 3 aromatic heterocycles. The standard InChI is InChI=1S/C15H16N4OS/c1(10-3-5-16-8-10)2-14-18-15(19-20-14)11-7-13-12(17-9-11)4-6-21-13/h4,6-7,9-10,16H,1-3,5,8H2. The average Bonchev–Trinajstić information content (AvgIpc) is 3.25. The highest BCUT2D eigenvalue weighted by molar-refractivity contribution is 7.17. The monoisotopic (exact) mass is 300 g/mol. The number of hydrogen-bond donors (Lipinski definition) is 1. The number of nitrogens with one attached hydrogen (secondary N) is 1. The number of thiophene rings is 1. The van der Waals surface area contributed by atoms with Gasteiger partial charge < -0.3 is 9.84 Å². The van der Waals surface area contributed by atoms with Crippen molar-refractivity contribution in [1.29, 1.82) is 0 Å². The van der Waals surface area contributed by atoms with Crippen molar-refractivity contribution in [3.8, 4) is 11.4 Å². The number of hydrogen-bond acceptors (Lipinski definition) is 6. The van der Waals surface area contributed by atoms with Gasteiger partial charge >= 0.3 is 0 Å². The van der Waals surface area contributed by atoms with Crippen molar-refractivity contribution in [3.63, 3.8) is 0 Å². The summed E-state index contributed by atoms with van der Waals surface area (Å²) in [5.74, 6) is 2.10. The van der Waals surface area contributed by atoms with E-state index >= 15 is 0 Å². The van der Waals surface area contributed by atoms with Gasteiger partial charge in [0.1, 0.15) is 0 Å². The van der Waals surface area contributed by atoms with Crippen LogP contribution in [0.4, 0.5) is 0 Å². The van der Waals surface area contributed by atoms with Gasteiger partial charge in [-0.2, -0.15) is 4.98 Å². The summed E-state index contributed by atoms with van der Waals surface area (Å²) in [6, 6.07) is 4.09. The molecule has 0 bridgehead atoms. The van der Waals surface area contributed by atoms with Crippen LogP contribution in [0.5, 0.6) is 0 Å². The molecule has 6 heteroatoms. The number of pyridine rings is 1. The molecule has 1 N–H and O–H groups in total. The molecule has 0 aliphatic carbocycles. The Bertz CT molecular complexity index is 745. The molecule has 1 atom stereocenters. The second-order valence-corrected chi connectivity index (χ2v) is 6.38. The first kappa shape index (κ1) is 12.9. The Morgan fingerprint density at radius 2 is 2.43 bits per heavy atom. The molecule has 5 nitrogen and oxygen atoms in total. The quantitative estimate of drug-likeness (QED) is 0.802. The highest BCUT2D eigenvalue weighted by Crippen LogP contribution is 2.24. The first-order chi connectivity index (χ1) is 10.4.